The molecule has 2 aromatic carbocycles. The molecule has 1 heterocycles. The van der Waals surface area contributed by atoms with Crippen molar-refractivity contribution in [3.05, 3.63) is 71.2 Å². The molecule has 0 aliphatic carbocycles. The van der Waals surface area contributed by atoms with Gasteiger partial charge < -0.3 is 35.3 Å². The van der Waals surface area contributed by atoms with Crippen LogP contribution in [-0.4, -0.2) is 59.1 Å². The molecule has 232 valence electrons. The highest BCUT2D eigenvalue weighted by atomic mass is 19.4. The van der Waals surface area contributed by atoms with Crippen LogP contribution in [0.3, 0.4) is 0 Å². The Morgan fingerprint density at radius 1 is 1.05 bits per heavy atom. The molecule has 0 saturated carbocycles. The number of hydrogen-bond acceptors (Lipinski definition) is 8. The number of nitrogens with one attached hydrogen (secondary N) is 1. The molecule has 14 heteroatoms. The smallest absolute Gasteiger partial charge is 0.422 e. The predicted molar refractivity (Wildman–Crippen MR) is 150 cm³/mol. The molecule has 4 N–H and O–H groups in total. The molecule has 0 radical (unpaired) electrons. The second-order valence-electron chi connectivity index (χ2n) is 10.4. The summed E-state index contributed by atoms with van der Waals surface area (Å²) in [6, 6.07) is 10.2. The third-order valence-electron chi connectivity index (χ3n) is 5.78. The van der Waals surface area contributed by atoms with E-state index in [2.05, 4.69) is 15.0 Å². The van der Waals surface area contributed by atoms with E-state index < -0.39 is 41.8 Å². The zero-order valence-corrected chi connectivity index (χ0v) is 23.9. The summed E-state index contributed by atoms with van der Waals surface area (Å²) in [6.45, 7) is 3.35. The predicted octanol–water partition coefficient (Wildman–Crippen LogP) is 6.17. The largest absolute Gasteiger partial charge is 0.484 e. The molecule has 0 atom stereocenters. The van der Waals surface area contributed by atoms with Gasteiger partial charge in [-0.3, -0.25) is 0 Å². The number of amides is 1. The van der Waals surface area contributed by atoms with Gasteiger partial charge in [0, 0.05) is 24.7 Å². The van der Waals surface area contributed by atoms with Crippen LogP contribution in [0.1, 0.15) is 42.4 Å². The number of methoxy groups -OCH3 is 1. The van der Waals surface area contributed by atoms with Crippen LogP contribution in [-0.2, 0) is 17.7 Å². The fraction of sp³-hybridized carbons (Fsp3) is 0.345. The molecule has 3 rings (SSSR count). The van der Waals surface area contributed by atoms with Crippen molar-refractivity contribution in [2.75, 3.05) is 31.3 Å². The van der Waals surface area contributed by atoms with Crippen LogP contribution in [0.15, 0.2) is 48.5 Å². The van der Waals surface area contributed by atoms with Gasteiger partial charge in [0.25, 0.3) is 0 Å². The molecule has 0 aliphatic rings. The Balaban J connectivity index is 1.93. The van der Waals surface area contributed by atoms with Gasteiger partial charge in [-0.15, -0.1) is 0 Å². The molecule has 43 heavy (non-hydrogen) atoms. The number of aromatic nitrogens is 1. The van der Waals surface area contributed by atoms with Crippen molar-refractivity contribution in [2.45, 2.75) is 45.5 Å². The first-order valence-corrected chi connectivity index (χ1v) is 12.9. The number of nitrogens with zero attached hydrogens (tertiary/aromatic N) is 2. The summed E-state index contributed by atoms with van der Waals surface area (Å²) >= 11 is 0. The minimum atomic E-state index is -4.61. The zero-order chi connectivity index (χ0) is 31.9. The zero-order valence-electron chi connectivity index (χ0n) is 23.9. The highest BCUT2D eigenvalue weighted by molar-refractivity contribution is 5.96. The number of carbonyl (C=O) groups is 2. The van der Waals surface area contributed by atoms with Crippen LogP contribution in [0.4, 0.5) is 39.4 Å². The van der Waals surface area contributed by atoms with Gasteiger partial charge in [0.05, 0.1) is 36.3 Å². The second kappa shape index (κ2) is 13.5. The van der Waals surface area contributed by atoms with E-state index in [0.717, 1.165) is 12.1 Å². The number of alkyl halides is 3. The van der Waals surface area contributed by atoms with E-state index in [4.69, 9.17) is 15.2 Å². The first-order valence-electron chi connectivity index (χ1n) is 12.9. The fourth-order valence-corrected chi connectivity index (χ4v) is 3.84. The molecule has 0 fully saturated rings. The molecule has 0 aliphatic heterocycles. The van der Waals surface area contributed by atoms with Crippen molar-refractivity contribution < 1.29 is 46.5 Å². The Morgan fingerprint density at radius 3 is 2.37 bits per heavy atom. The lowest BCUT2D eigenvalue weighted by Gasteiger charge is -2.28. The number of rotatable bonds is 11. The molecule has 0 bridgehead atoms. The Labute approximate surface area is 245 Å². The number of aromatic carboxylic acids is 1. The summed E-state index contributed by atoms with van der Waals surface area (Å²) in [4.78, 5) is 30.8. The van der Waals surface area contributed by atoms with Gasteiger partial charge in [-0.2, -0.15) is 13.2 Å². The van der Waals surface area contributed by atoms with Crippen LogP contribution >= 0.6 is 0 Å². The molecule has 0 unspecified atom stereocenters. The molecule has 0 saturated heterocycles. The van der Waals surface area contributed by atoms with E-state index in [-0.39, 0.29) is 42.2 Å². The summed E-state index contributed by atoms with van der Waals surface area (Å²) in [5.74, 6) is -2.05. The van der Waals surface area contributed by atoms with Gasteiger partial charge in [-0.05, 0) is 68.8 Å². The van der Waals surface area contributed by atoms with E-state index in [0.29, 0.717) is 17.3 Å². The highest BCUT2D eigenvalue weighted by Crippen LogP contribution is 2.30. The lowest BCUT2D eigenvalue weighted by atomic mass is 10.1. The summed E-state index contributed by atoms with van der Waals surface area (Å²) in [7, 11) is 1.45. The number of halogens is 4. The maximum atomic E-state index is 14.4. The first kappa shape index (κ1) is 32.8. The number of carboxylic acids is 1. The molecule has 1 aromatic heterocycles. The van der Waals surface area contributed by atoms with Crippen LogP contribution in [0.5, 0.6) is 11.6 Å². The van der Waals surface area contributed by atoms with Crippen molar-refractivity contribution in [3.63, 3.8) is 0 Å². The van der Waals surface area contributed by atoms with Crippen LogP contribution in [0.25, 0.3) is 0 Å². The summed E-state index contributed by atoms with van der Waals surface area (Å²) in [5, 5.41) is 12.6. The number of nitrogen functional groups attached to an aromatic ring is 1. The van der Waals surface area contributed by atoms with Crippen LogP contribution in [0, 0.1) is 5.82 Å². The number of hydrogen-bond donors (Lipinski definition) is 3. The van der Waals surface area contributed by atoms with E-state index in [1.807, 2.05) is 0 Å². The molecule has 1 amide bonds. The van der Waals surface area contributed by atoms with Gasteiger partial charge in [0.2, 0.25) is 5.88 Å². The van der Waals surface area contributed by atoms with Gasteiger partial charge in [0.15, 0.2) is 6.61 Å². The topological polar surface area (TPSA) is 136 Å². The Morgan fingerprint density at radius 2 is 1.74 bits per heavy atom. The van der Waals surface area contributed by atoms with Gasteiger partial charge >= 0.3 is 18.2 Å². The molecule has 0 spiro atoms. The third-order valence-corrected chi connectivity index (χ3v) is 5.78. The molecule has 10 nitrogen and oxygen atoms in total. The van der Waals surface area contributed by atoms with Crippen molar-refractivity contribution in [3.8, 4) is 11.6 Å². The maximum Gasteiger partial charge on any atom is 0.422 e. The Hall–Kier alpha value is -4.75. The Bertz CT molecular complexity index is 1460. The molecular weight excluding hydrogens is 576 g/mol. The number of nitrogens with two attached hydrogens (primary N) is 1. The average Bonchev–Trinajstić information content (AvgIpc) is 2.91. The van der Waals surface area contributed by atoms with Crippen molar-refractivity contribution in [1.82, 2.24) is 9.88 Å². The summed E-state index contributed by atoms with van der Waals surface area (Å²) < 4.78 is 67.5. The number of carboxylic acid groups (broad SMARTS) is 1. The normalized spacial score (nSPS) is 11.5. The van der Waals surface area contributed by atoms with Crippen molar-refractivity contribution in [2.24, 2.45) is 0 Å². The van der Waals surface area contributed by atoms with Crippen LogP contribution < -0.4 is 20.5 Å². The Kier molecular flexibility index (Phi) is 10.3. The lowest BCUT2D eigenvalue weighted by molar-refractivity contribution is -0.153. The van der Waals surface area contributed by atoms with Gasteiger partial charge in [-0.1, -0.05) is 0 Å². The minimum absolute atomic E-state index is 0.00288. The third kappa shape index (κ3) is 9.94. The minimum Gasteiger partial charge on any atom is -0.484 e. The van der Waals surface area contributed by atoms with E-state index in [1.54, 1.807) is 32.9 Å². The second-order valence-corrected chi connectivity index (χ2v) is 10.4. The number of pyridine rings is 1. The van der Waals surface area contributed by atoms with Crippen LogP contribution in [0.2, 0.25) is 0 Å². The number of ether oxygens (including phenoxy) is 3. The van der Waals surface area contributed by atoms with Gasteiger partial charge in [-0.25, -0.2) is 19.0 Å². The van der Waals surface area contributed by atoms with E-state index in [1.165, 1.54) is 36.3 Å². The van der Waals surface area contributed by atoms with Crippen molar-refractivity contribution >= 4 is 29.1 Å². The standard InChI is InChI=1S/C29H32F4N4O6/c1-28(2,3)43-27(40)37(12-11-24-21(34)7-10-25(36-24)41-4)15-17-13-18(30)5-8-22(17)35-23-9-6-19(14-20(23)26(38)39)42-16-29(31,32)33/h5-10,13-14,35H,11-12,15-16,34H2,1-4H3,(H,38,39). The maximum absolute atomic E-state index is 14.4. The SMILES string of the molecule is COc1ccc(N)c(CCN(Cc2cc(F)ccc2Nc2ccc(OCC(F)(F)F)cc2C(=O)O)C(=O)OC(C)(C)C)n1. The first-order chi connectivity index (χ1) is 20.0. The quantitative estimate of drug-likeness (QED) is 0.218. The summed E-state index contributed by atoms with van der Waals surface area (Å²) in [6.07, 6.45) is -5.12. The highest BCUT2D eigenvalue weighted by Gasteiger charge is 2.29. The van der Waals surface area contributed by atoms with Crippen molar-refractivity contribution in [1.29, 1.82) is 0 Å². The molecule has 3 aromatic rings. The van der Waals surface area contributed by atoms with E-state index >= 15 is 0 Å². The lowest BCUT2D eigenvalue weighted by Crippen LogP contribution is -2.38. The number of carbonyl (C=O) groups excluding carboxylic acids is 1. The average molecular weight is 609 g/mol. The molecular formula is C29H32F4N4O6. The number of benzene rings is 2. The monoisotopic (exact) mass is 608 g/mol. The fourth-order valence-electron chi connectivity index (χ4n) is 3.84. The van der Waals surface area contributed by atoms with Gasteiger partial charge in [0.1, 0.15) is 17.2 Å². The number of anilines is 3. The van der Waals surface area contributed by atoms with E-state index in [9.17, 15) is 32.3 Å². The summed E-state index contributed by atoms with van der Waals surface area (Å²) in [5.41, 5.74) is 6.14.